The normalized spacial score (nSPS) is 13.4. The van der Waals surface area contributed by atoms with Crippen molar-refractivity contribution in [3.63, 3.8) is 0 Å². The summed E-state index contributed by atoms with van der Waals surface area (Å²) in [5.74, 6) is 0.695. The number of amides is 2. The molecule has 8 nitrogen and oxygen atoms in total. The molecule has 1 aliphatic rings. The Morgan fingerprint density at radius 2 is 2.07 bits per heavy atom. The van der Waals surface area contributed by atoms with Crippen molar-refractivity contribution in [3.8, 4) is 0 Å². The van der Waals surface area contributed by atoms with Gasteiger partial charge >= 0.3 is 0 Å². The van der Waals surface area contributed by atoms with Crippen LogP contribution in [0.2, 0.25) is 0 Å². The lowest BCUT2D eigenvalue weighted by molar-refractivity contribution is -0.120. The highest BCUT2D eigenvalue weighted by Gasteiger charge is 2.14. The Labute approximate surface area is 172 Å². The van der Waals surface area contributed by atoms with Crippen LogP contribution < -0.4 is 15.5 Å². The summed E-state index contributed by atoms with van der Waals surface area (Å²) in [6, 6.07) is 7.21. The molecule has 4 heterocycles. The lowest BCUT2D eigenvalue weighted by Crippen LogP contribution is -2.25. The number of rotatable bonds is 7. The Morgan fingerprint density at radius 3 is 2.79 bits per heavy atom. The highest BCUT2D eigenvalue weighted by Crippen LogP contribution is 2.18. The quantitative estimate of drug-likeness (QED) is 0.620. The van der Waals surface area contributed by atoms with Gasteiger partial charge in [0.15, 0.2) is 10.9 Å². The third-order valence-electron chi connectivity index (χ3n) is 4.59. The van der Waals surface area contributed by atoms with Gasteiger partial charge in [-0.1, -0.05) is 6.07 Å². The number of aromatic nitrogens is 2. The lowest BCUT2D eigenvalue weighted by atomic mass is 10.2. The van der Waals surface area contributed by atoms with Crippen LogP contribution in [0.5, 0.6) is 0 Å². The second-order valence-electron chi connectivity index (χ2n) is 6.75. The molecule has 3 aromatic heterocycles. The van der Waals surface area contributed by atoms with Crippen LogP contribution in [0, 0.1) is 0 Å². The van der Waals surface area contributed by atoms with Crippen LogP contribution >= 0.6 is 11.3 Å². The van der Waals surface area contributed by atoms with E-state index in [0.29, 0.717) is 17.4 Å². The van der Waals surface area contributed by atoms with Crippen LogP contribution in [0.1, 0.15) is 34.7 Å². The lowest BCUT2D eigenvalue weighted by Gasteiger charge is -2.16. The van der Waals surface area contributed by atoms with Crippen molar-refractivity contribution in [1.82, 2.24) is 15.3 Å². The van der Waals surface area contributed by atoms with Gasteiger partial charge in [0.2, 0.25) is 5.91 Å². The summed E-state index contributed by atoms with van der Waals surface area (Å²) >= 11 is 1.27. The average molecular weight is 411 g/mol. The van der Waals surface area contributed by atoms with Gasteiger partial charge in [-0.2, -0.15) is 0 Å². The third kappa shape index (κ3) is 5.00. The fraction of sp³-hybridized carbons (Fsp3) is 0.300. The number of nitrogens with zero attached hydrogens (tertiary/aromatic N) is 3. The van der Waals surface area contributed by atoms with Gasteiger partial charge < -0.3 is 14.6 Å². The van der Waals surface area contributed by atoms with Crippen LogP contribution in [0.25, 0.3) is 0 Å². The van der Waals surface area contributed by atoms with Gasteiger partial charge in [-0.3, -0.25) is 14.9 Å². The van der Waals surface area contributed by atoms with E-state index in [9.17, 15) is 9.59 Å². The van der Waals surface area contributed by atoms with Crippen LogP contribution in [0.3, 0.4) is 0 Å². The molecule has 0 radical (unpaired) electrons. The average Bonchev–Trinajstić information content (AvgIpc) is 3.49. The maximum absolute atomic E-state index is 12.2. The maximum atomic E-state index is 12.2. The predicted octanol–water partition coefficient (Wildman–Crippen LogP) is 2.84. The molecular formula is C20H21N5O3S. The van der Waals surface area contributed by atoms with Crippen LogP contribution in [0.15, 0.2) is 46.5 Å². The van der Waals surface area contributed by atoms with E-state index in [1.54, 1.807) is 23.7 Å². The molecule has 0 spiro atoms. The molecule has 0 unspecified atom stereocenters. The fourth-order valence-corrected chi connectivity index (χ4v) is 3.80. The summed E-state index contributed by atoms with van der Waals surface area (Å²) in [7, 11) is 0. The molecule has 4 rings (SSSR count). The number of carbonyl (C=O) groups is 2. The first kappa shape index (κ1) is 19.1. The van der Waals surface area contributed by atoms with Crippen LogP contribution in [-0.4, -0.2) is 34.9 Å². The molecular weight excluding hydrogens is 390 g/mol. The molecule has 9 heteroatoms. The Balaban J connectivity index is 1.24. The SMILES string of the molecule is O=C(Cc1csc(NC(=O)c2ccco2)n1)NCc1ccc(N2CCCC2)nc1. The van der Waals surface area contributed by atoms with Crippen molar-refractivity contribution in [1.29, 1.82) is 0 Å². The van der Waals surface area contributed by atoms with E-state index in [-0.39, 0.29) is 24.0 Å². The van der Waals surface area contributed by atoms with Crippen molar-refractivity contribution in [2.45, 2.75) is 25.8 Å². The van der Waals surface area contributed by atoms with E-state index in [2.05, 4.69) is 25.5 Å². The van der Waals surface area contributed by atoms with Crippen molar-refractivity contribution in [3.05, 3.63) is 59.1 Å². The van der Waals surface area contributed by atoms with Gasteiger partial charge in [0.25, 0.3) is 5.91 Å². The van der Waals surface area contributed by atoms with Crippen molar-refractivity contribution < 1.29 is 14.0 Å². The van der Waals surface area contributed by atoms with E-state index in [4.69, 9.17) is 4.42 Å². The van der Waals surface area contributed by atoms with E-state index in [1.165, 1.54) is 30.4 Å². The number of thiazole rings is 1. The van der Waals surface area contributed by atoms with Gasteiger partial charge in [0, 0.05) is 31.2 Å². The van der Waals surface area contributed by atoms with E-state index >= 15 is 0 Å². The van der Waals surface area contributed by atoms with E-state index in [0.717, 1.165) is 24.5 Å². The van der Waals surface area contributed by atoms with Crippen molar-refractivity contribution >= 4 is 34.1 Å². The summed E-state index contributed by atoms with van der Waals surface area (Å²) in [5.41, 5.74) is 1.55. The summed E-state index contributed by atoms with van der Waals surface area (Å²) in [6.07, 6.45) is 5.81. The molecule has 2 amide bonds. The summed E-state index contributed by atoms with van der Waals surface area (Å²) in [6.45, 7) is 2.53. The molecule has 1 aliphatic heterocycles. The minimum absolute atomic E-state index is 0.136. The van der Waals surface area contributed by atoms with E-state index < -0.39 is 0 Å². The molecule has 0 saturated carbocycles. The summed E-state index contributed by atoms with van der Waals surface area (Å²) in [4.78, 5) is 35.2. The molecule has 2 N–H and O–H groups in total. The Hall–Kier alpha value is -3.20. The first-order chi connectivity index (χ1) is 14.2. The number of hydrogen-bond donors (Lipinski definition) is 2. The maximum Gasteiger partial charge on any atom is 0.293 e. The number of carbonyl (C=O) groups excluding carboxylic acids is 2. The first-order valence-corrected chi connectivity index (χ1v) is 10.3. The summed E-state index contributed by atoms with van der Waals surface area (Å²) in [5, 5.41) is 7.71. The Kier molecular flexibility index (Phi) is 5.85. The Morgan fingerprint density at radius 1 is 1.21 bits per heavy atom. The second kappa shape index (κ2) is 8.87. The molecule has 0 bridgehead atoms. The van der Waals surface area contributed by atoms with Crippen molar-refractivity contribution in [2.24, 2.45) is 0 Å². The van der Waals surface area contributed by atoms with Gasteiger partial charge in [-0.15, -0.1) is 11.3 Å². The Bertz CT molecular complexity index is 962. The predicted molar refractivity (Wildman–Crippen MR) is 110 cm³/mol. The monoisotopic (exact) mass is 411 g/mol. The molecule has 0 aromatic carbocycles. The first-order valence-electron chi connectivity index (χ1n) is 9.43. The molecule has 1 saturated heterocycles. The minimum atomic E-state index is -0.370. The zero-order chi connectivity index (χ0) is 20.1. The van der Waals surface area contributed by atoms with Gasteiger partial charge in [-0.05, 0) is 36.6 Å². The van der Waals surface area contributed by atoms with Gasteiger partial charge in [0.1, 0.15) is 5.82 Å². The second-order valence-corrected chi connectivity index (χ2v) is 7.61. The van der Waals surface area contributed by atoms with Gasteiger partial charge in [-0.25, -0.2) is 9.97 Å². The standard InChI is InChI=1S/C20H21N5O3S/c26-18(22-12-14-5-6-17(21-11-14)25-7-1-2-8-25)10-15-13-29-20(23-15)24-19(27)16-4-3-9-28-16/h3-6,9,11,13H,1-2,7-8,10,12H2,(H,22,26)(H,23,24,27). The van der Waals surface area contributed by atoms with Crippen molar-refractivity contribution in [2.75, 3.05) is 23.3 Å². The summed E-state index contributed by atoms with van der Waals surface area (Å²) < 4.78 is 5.04. The third-order valence-corrected chi connectivity index (χ3v) is 5.39. The van der Waals surface area contributed by atoms with Gasteiger partial charge in [0.05, 0.1) is 18.4 Å². The molecule has 0 aliphatic carbocycles. The van der Waals surface area contributed by atoms with Crippen LogP contribution in [0.4, 0.5) is 10.9 Å². The number of furan rings is 1. The molecule has 150 valence electrons. The topological polar surface area (TPSA) is 100 Å². The number of hydrogen-bond acceptors (Lipinski definition) is 7. The number of pyridine rings is 1. The highest BCUT2D eigenvalue weighted by molar-refractivity contribution is 7.14. The fourth-order valence-electron chi connectivity index (χ4n) is 3.09. The number of anilines is 2. The zero-order valence-electron chi connectivity index (χ0n) is 15.8. The molecule has 3 aromatic rings. The molecule has 1 fully saturated rings. The molecule has 29 heavy (non-hydrogen) atoms. The van der Waals surface area contributed by atoms with E-state index in [1.807, 2.05) is 12.1 Å². The largest absolute Gasteiger partial charge is 0.459 e. The highest BCUT2D eigenvalue weighted by atomic mass is 32.1. The minimum Gasteiger partial charge on any atom is -0.459 e. The van der Waals surface area contributed by atoms with Crippen LogP contribution in [-0.2, 0) is 17.8 Å². The molecule has 0 atom stereocenters. The zero-order valence-corrected chi connectivity index (χ0v) is 16.6. The smallest absolute Gasteiger partial charge is 0.293 e. The number of nitrogens with one attached hydrogen (secondary N) is 2.